The van der Waals surface area contributed by atoms with E-state index in [1.165, 1.54) is 12.1 Å². The Bertz CT molecular complexity index is 998. The molecule has 0 bridgehead atoms. The Morgan fingerprint density at radius 2 is 1.96 bits per heavy atom. The van der Waals surface area contributed by atoms with E-state index >= 15 is 0 Å². The summed E-state index contributed by atoms with van der Waals surface area (Å²) in [5.74, 6) is -1.33. The molecule has 0 atom stereocenters. The van der Waals surface area contributed by atoms with Gasteiger partial charge < -0.3 is 10.4 Å². The zero-order valence-corrected chi connectivity index (χ0v) is 15.8. The van der Waals surface area contributed by atoms with E-state index in [9.17, 15) is 9.59 Å². The molecule has 1 aliphatic heterocycles. The molecular weight excluding hydrogens is 384 g/mol. The lowest BCUT2D eigenvalue weighted by Gasteiger charge is -2.03. The van der Waals surface area contributed by atoms with Gasteiger partial charge in [0.2, 0.25) is 0 Å². The minimum atomic E-state index is -1.03. The summed E-state index contributed by atoms with van der Waals surface area (Å²) in [6.07, 6.45) is 3.34. The largest absolute Gasteiger partial charge is 0.478 e. The normalized spacial score (nSPS) is 17.4. The molecule has 0 aromatic heterocycles. The molecule has 3 rings (SSSR count). The van der Waals surface area contributed by atoms with Crippen LogP contribution >= 0.6 is 23.4 Å². The maximum Gasteiger partial charge on any atom is 0.335 e. The van der Waals surface area contributed by atoms with Gasteiger partial charge in [-0.1, -0.05) is 48.0 Å². The molecular formula is C20H15ClN2O3S. The van der Waals surface area contributed by atoms with Crippen LogP contribution in [0.3, 0.4) is 0 Å². The Kier molecular flexibility index (Phi) is 5.78. The second-order valence-corrected chi connectivity index (χ2v) is 7.20. The lowest BCUT2D eigenvalue weighted by atomic mass is 10.1. The predicted octanol–water partition coefficient (Wildman–Crippen LogP) is 4.71. The van der Waals surface area contributed by atoms with Crippen molar-refractivity contribution in [2.75, 3.05) is 0 Å². The Hall–Kier alpha value is -2.83. The number of thioether (sulfide) groups is 1. The molecule has 1 saturated heterocycles. The third-order valence-electron chi connectivity index (χ3n) is 3.70. The van der Waals surface area contributed by atoms with Gasteiger partial charge in [-0.15, -0.1) is 0 Å². The molecule has 1 heterocycles. The van der Waals surface area contributed by atoms with Crippen molar-refractivity contribution in [3.05, 3.63) is 81.2 Å². The summed E-state index contributed by atoms with van der Waals surface area (Å²) in [6.45, 7) is 1.82. The van der Waals surface area contributed by atoms with Gasteiger partial charge in [0.25, 0.3) is 5.91 Å². The number of hydrogen-bond donors (Lipinski definition) is 2. The molecule has 0 radical (unpaired) electrons. The average Bonchev–Trinajstić information content (AvgIpc) is 2.96. The molecule has 0 spiro atoms. The van der Waals surface area contributed by atoms with Crippen LogP contribution in [0.4, 0.5) is 5.69 Å². The summed E-state index contributed by atoms with van der Waals surface area (Å²) in [4.78, 5) is 28.1. The zero-order valence-electron chi connectivity index (χ0n) is 14.3. The predicted molar refractivity (Wildman–Crippen MR) is 109 cm³/mol. The van der Waals surface area contributed by atoms with Crippen LogP contribution in [0.15, 0.2) is 69.5 Å². The van der Waals surface area contributed by atoms with Crippen LogP contribution in [0.5, 0.6) is 0 Å². The first-order valence-corrected chi connectivity index (χ1v) is 9.17. The van der Waals surface area contributed by atoms with Gasteiger partial charge in [0.15, 0.2) is 5.17 Å². The van der Waals surface area contributed by atoms with Crippen LogP contribution in [0.1, 0.15) is 21.5 Å². The number of aryl methyl sites for hydroxylation is 1. The van der Waals surface area contributed by atoms with Gasteiger partial charge in [0, 0.05) is 5.03 Å². The highest BCUT2D eigenvalue weighted by Gasteiger charge is 2.24. The SMILES string of the molecule is Cc1ccc(C(=O)O)cc1N=C1NC(=O)/C(=C/C(Cl)=C/c2ccccc2)S1. The van der Waals surface area contributed by atoms with Crippen molar-refractivity contribution in [1.82, 2.24) is 5.32 Å². The van der Waals surface area contributed by atoms with Crippen molar-refractivity contribution in [1.29, 1.82) is 0 Å². The maximum atomic E-state index is 12.2. The fraction of sp³-hybridized carbons (Fsp3) is 0.0500. The number of hydrogen-bond acceptors (Lipinski definition) is 4. The van der Waals surface area contributed by atoms with E-state index in [1.807, 2.05) is 37.3 Å². The number of amidine groups is 1. The topological polar surface area (TPSA) is 78.8 Å². The number of amides is 1. The number of halogens is 1. The number of aliphatic imine (C=N–C) groups is 1. The molecule has 1 aliphatic rings. The van der Waals surface area contributed by atoms with E-state index in [-0.39, 0.29) is 11.5 Å². The summed E-state index contributed by atoms with van der Waals surface area (Å²) < 4.78 is 0. The Morgan fingerprint density at radius 3 is 2.67 bits per heavy atom. The summed E-state index contributed by atoms with van der Waals surface area (Å²) in [6, 6.07) is 14.2. The fourth-order valence-electron chi connectivity index (χ4n) is 2.33. The number of nitrogens with zero attached hydrogens (tertiary/aromatic N) is 1. The van der Waals surface area contributed by atoms with E-state index in [1.54, 1.807) is 18.2 Å². The highest BCUT2D eigenvalue weighted by atomic mass is 35.5. The first-order valence-electron chi connectivity index (χ1n) is 7.98. The number of carbonyl (C=O) groups is 2. The summed E-state index contributed by atoms with van der Waals surface area (Å²) in [5, 5.41) is 12.6. The fourth-order valence-corrected chi connectivity index (χ4v) is 3.45. The van der Waals surface area contributed by atoms with Crippen molar-refractivity contribution in [3.63, 3.8) is 0 Å². The second kappa shape index (κ2) is 8.24. The molecule has 0 saturated carbocycles. The Balaban J connectivity index is 1.83. The summed E-state index contributed by atoms with van der Waals surface area (Å²) in [7, 11) is 0. The molecule has 2 aromatic carbocycles. The van der Waals surface area contributed by atoms with Gasteiger partial charge in [-0.2, -0.15) is 0 Å². The minimum absolute atomic E-state index is 0.138. The number of carboxylic acids is 1. The number of rotatable bonds is 4. The van der Waals surface area contributed by atoms with Crippen molar-refractivity contribution in [3.8, 4) is 0 Å². The van der Waals surface area contributed by atoms with E-state index in [4.69, 9.17) is 16.7 Å². The van der Waals surface area contributed by atoms with E-state index in [0.717, 1.165) is 22.9 Å². The second-order valence-electron chi connectivity index (χ2n) is 5.73. The lowest BCUT2D eigenvalue weighted by Crippen LogP contribution is -2.19. The number of aromatic carboxylic acids is 1. The van der Waals surface area contributed by atoms with Gasteiger partial charge >= 0.3 is 5.97 Å². The van der Waals surface area contributed by atoms with Crippen molar-refractivity contribution in [2.45, 2.75) is 6.92 Å². The van der Waals surface area contributed by atoms with Gasteiger partial charge in [-0.3, -0.25) is 4.79 Å². The highest BCUT2D eigenvalue weighted by molar-refractivity contribution is 8.18. The Labute approximate surface area is 165 Å². The first-order chi connectivity index (χ1) is 12.9. The molecule has 2 N–H and O–H groups in total. The maximum absolute atomic E-state index is 12.2. The van der Waals surface area contributed by atoms with E-state index in [2.05, 4.69) is 10.3 Å². The van der Waals surface area contributed by atoms with Gasteiger partial charge in [-0.05, 0) is 54.1 Å². The molecule has 0 unspecified atom stereocenters. The van der Waals surface area contributed by atoms with Crippen molar-refractivity contribution >= 4 is 52.2 Å². The van der Waals surface area contributed by atoms with Gasteiger partial charge in [0.1, 0.15) is 0 Å². The monoisotopic (exact) mass is 398 g/mol. The number of allylic oxidation sites excluding steroid dienone is 2. The standard InChI is InChI=1S/C20H15ClN2O3S/c1-12-7-8-14(19(25)26)10-16(12)22-20-23-18(24)17(27-20)11-15(21)9-13-5-3-2-4-6-13/h2-11H,1H3,(H,25,26)(H,22,23,24)/b15-9-,17-11-. The summed E-state index contributed by atoms with van der Waals surface area (Å²) in [5.41, 5.74) is 2.36. The van der Waals surface area contributed by atoms with Crippen LogP contribution in [-0.4, -0.2) is 22.2 Å². The quantitative estimate of drug-likeness (QED) is 0.731. The molecule has 5 nitrogen and oxygen atoms in total. The molecule has 7 heteroatoms. The van der Waals surface area contributed by atoms with E-state index in [0.29, 0.717) is 20.8 Å². The van der Waals surface area contributed by atoms with Gasteiger partial charge in [-0.25, -0.2) is 9.79 Å². The summed E-state index contributed by atoms with van der Waals surface area (Å²) >= 11 is 7.39. The lowest BCUT2D eigenvalue weighted by molar-refractivity contribution is -0.115. The number of nitrogens with one attached hydrogen (secondary N) is 1. The molecule has 1 fully saturated rings. The number of benzene rings is 2. The van der Waals surface area contributed by atoms with Crippen LogP contribution in [0.25, 0.3) is 6.08 Å². The molecule has 1 amide bonds. The highest BCUT2D eigenvalue weighted by Crippen LogP contribution is 2.29. The van der Waals surface area contributed by atoms with Crippen LogP contribution in [0, 0.1) is 6.92 Å². The molecule has 2 aromatic rings. The van der Waals surface area contributed by atoms with Crippen LogP contribution < -0.4 is 5.32 Å². The number of carbonyl (C=O) groups excluding carboxylic acids is 1. The van der Waals surface area contributed by atoms with Crippen molar-refractivity contribution < 1.29 is 14.7 Å². The Morgan fingerprint density at radius 1 is 1.22 bits per heavy atom. The third-order valence-corrected chi connectivity index (χ3v) is 4.83. The minimum Gasteiger partial charge on any atom is -0.478 e. The zero-order chi connectivity index (χ0) is 19.4. The van der Waals surface area contributed by atoms with Gasteiger partial charge in [0.05, 0.1) is 16.2 Å². The third kappa shape index (κ3) is 4.87. The molecule has 0 aliphatic carbocycles. The molecule has 27 heavy (non-hydrogen) atoms. The van der Waals surface area contributed by atoms with Crippen LogP contribution in [-0.2, 0) is 4.79 Å². The first kappa shape index (κ1) is 18.9. The average molecular weight is 399 g/mol. The molecule has 136 valence electrons. The van der Waals surface area contributed by atoms with Crippen molar-refractivity contribution in [2.24, 2.45) is 4.99 Å². The smallest absolute Gasteiger partial charge is 0.335 e. The van der Waals surface area contributed by atoms with Crippen LogP contribution in [0.2, 0.25) is 0 Å². The number of carboxylic acid groups (broad SMARTS) is 1. The van der Waals surface area contributed by atoms with E-state index < -0.39 is 5.97 Å².